The molecule has 1 fully saturated rings. The third-order valence-corrected chi connectivity index (χ3v) is 6.52. The van der Waals surface area contributed by atoms with Crippen molar-refractivity contribution in [2.24, 2.45) is 0 Å². The molecule has 33 heavy (non-hydrogen) atoms. The summed E-state index contributed by atoms with van der Waals surface area (Å²) in [6, 6.07) is 20.6. The maximum Gasteiger partial charge on any atom is 0.206 e. The number of nitrogens with zero attached hydrogens (tertiary/aromatic N) is 4. The van der Waals surface area contributed by atoms with Crippen LogP contribution < -0.4 is 9.63 Å². The van der Waals surface area contributed by atoms with E-state index in [4.69, 9.17) is 4.98 Å². The number of fused-ring (bicyclic) bond motifs is 1. The van der Waals surface area contributed by atoms with Crippen LogP contribution in [0.25, 0.3) is 22.4 Å². The molecule has 0 amide bonds. The summed E-state index contributed by atoms with van der Waals surface area (Å²) in [6.07, 6.45) is 1.57. The first-order chi connectivity index (χ1) is 15.9. The van der Waals surface area contributed by atoms with Gasteiger partial charge in [-0.1, -0.05) is 51.1 Å². The minimum Gasteiger partial charge on any atom is -0.618 e. The van der Waals surface area contributed by atoms with Gasteiger partial charge in [-0.05, 0) is 29.2 Å². The van der Waals surface area contributed by atoms with Crippen molar-refractivity contribution in [2.45, 2.75) is 32.7 Å². The van der Waals surface area contributed by atoms with E-state index in [1.165, 1.54) is 11.3 Å². The molecule has 170 valence electrons. The van der Waals surface area contributed by atoms with Crippen LogP contribution in [0.15, 0.2) is 66.9 Å². The molecule has 0 spiro atoms. The lowest BCUT2D eigenvalue weighted by Crippen LogP contribution is -2.47. The molecule has 6 heteroatoms. The highest BCUT2D eigenvalue weighted by Crippen LogP contribution is 2.30. The normalized spacial score (nSPS) is 15.3. The highest BCUT2D eigenvalue weighted by molar-refractivity contribution is 5.91. The van der Waals surface area contributed by atoms with Gasteiger partial charge in [0, 0.05) is 43.9 Å². The highest BCUT2D eigenvalue weighted by Gasteiger charge is 2.22. The SMILES string of the molecule is CC(C)(C)c1ccc(-c2nc3c(N4CCN(Cc5cccc[n+]5[O-])CC4)cccc3[nH]2)cc1. The van der Waals surface area contributed by atoms with E-state index in [2.05, 4.69) is 78.0 Å². The number of H-pyrrole nitrogens is 1. The van der Waals surface area contributed by atoms with Crippen molar-refractivity contribution in [1.82, 2.24) is 14.9 Å². The molecule has 2 aromatic heterocycles. The van der Waals surface area contributed by atoms with E-state index in [1.54, 1.807) is 12.3 Å². The quantitative estimate of drug-likeness (QED) is 0.375. The molecule has 0 unspecified atom stereocenters. The number of hydrogen-bond acceptors (Lipinski definition) is 4. The van der Waals surface area contributed by atoms with Gasteiger partial charge in [-0.15, -0.1) is 0 Å². The summed E-state index contributed by atoms with van der Waals surface area (Å²) in [6.45, 7) is 11.0. The fraction of sp³-hybridized carbons (Fsp3) is 0.333. The lowest BCUT2D eigenvalue weighted by molar-refractivity contribution is -0.615. The molecule has 3 heterocycles. The van der Waals surface area contributed by atoms with Crippen molar-refractivity contribution in [3.8, 4) is 11.4 Å². The number of aromatic nitrogens is 3. The Morgan fingerprint density at radius 3 is 2.39 bits per heavy atom. The molecular weight excluding hydrogens is 410 g/mol. The van der Waals surface area contributed by atoms with Crippen LogP contribution in [0.1, 0.15) is 32.0 Å². The van der Waals surface area contributed by atoms with E-state index in [9.17, 15) is 5.21 Å². The van der Waals surface area contributed by atoms with Gasteiger partial charge in [-0.25, -0.2) is 4.98 Å². The Balaban J connectivity index is 1.33. The summed E-state index contributed by atoms with van der Waals surface area (Å²) in [4.78, 5) is 13.2. The fourth-order valence-corrected chi connectivity index (χ4v) is 4.50. The second kappa shape index (κ2) is 8.52. The number of nitrogens with one attached hydrogen (secondary N) is 1. The van der Waals surface area contributed by atoms with E-state index < -0.39 is 0 Å². The highest BCUT2D eigenvalue weighted by atomic mass is 16.5. The van der Waals surface area contributed by atoms with Crippen molar-refractivity contribution in [2.75, 3.05) is 31.1 Å². The molecule has 0 atom stereocenters. The van der Waals surface area contributed by atoms with Crippen molar-refractivity contribution in [3.05, 3.63) is 83.3 Å². The Morgan fingerprint density at radius 2 is 1.70 bits per heavy atom. The zero-order valence-electron chi connectivity index (χ0n) is 19.6. The molecule has 4 aromatic rings. The molecule has 1 saturated heterocycles. The smallest absolute Gasteiger partial charge is 0.206 e. The fourth-order valence-electron chi connectivity index (χ4n) is 4.50. The number of piperazine rings is 1. The molecule has 0 aliphatic carbocycles. The number of para-hydroxylation sites is 1. The van der Waals surface area contributed by atoms with Gasteiger partial charge in [-0.3, -0.25) is 4.90 Å². The second-order valence-corrected chi connectivity index (χ2v) is 9.87. The van der Waals surface area contributed by atoms with Crippen LogP contribution in [0.2, 0.25) is 0 Å². The summed E-state index contributed by atoms with van der Waals surface area (Å²) in [5.74, 6) is 0.903. The van der Waals surface area contributed by atoms with Crippen LogP contribution in [0.4, 0.5) is 5.69 Å². The number of aromatic amines is 1. The Labute approximate surface area is 195 Å². The average molecular weight is 442 g/mol. The first kappa shape index (κ1) is 21.5. The second-order valence-electron chi connectivity index (χ2n) is 9.87. The molecule has 2 aromatic carbocycles. The average Bonchev–Trinajstić information content (AvgIpc) is 3.25. The number of benzene rings is 2. The summed E-state index contributed by atoms with van der Waals surface area (Å²) < 4.78 is 0.965. The lowest BCUT2D eigenvalue weighted by atomic mass is 9.87. The van der Waals surface area contributed by atoms with Crippen LogP contribution in [-0.2, 0) is 12.0 Å². The van der Waals surface area contributed by atoms with Gasteiger partial charge in [0.15, 0.2) is 6.20 Å². The Morgan fingerprint density at radius 1 is 0.939 bits per heavy atom. The van der Waals surface area contributed by atoms with Crippen LogP contribution in [0, 0.1) is 5.21 Å². The van der Waals surface area contributed by atoms with Gasteiger partial charge in [0.05, 0.1) is 17.7 Å². The Hall–Kier alpha value is -3.38. The minimum absolute atomic E-state index is 0.135. The number of rotatable bonds is 4. The standard InChI is InChI=1S/C27H31N5O/c1-27(2,3)21-12-10-20(11-13-21)26-28-23-8-6-9-24(25(23)29-26)31-17-15-30(16-18-31)19-22-7-4-5-14-32(22)33/h4-14H,15-19H2,1-3H3,(H,28,29). The molecule has 1 aliphatic heterocycles. The molecule has 1 aliphatic rings. The van der Waals surface area contributed by atoms with Crippen molar-refractivity contribution in [3.63, 3.8) is 0 Å². The topological polar surface area (TPSA) is 62.1 Å². The third-order valence-electron chi connectivity index (χ3n) is 6.52. The molecule has 0 radical (unpaired) electrons. The van der Waals surface area contributed by atoms with Gasteiger partial charge in [0.2, 0.25) is 5.69 Å². The first-order valence-electron chi connectivity index (χ1n) is 11.6. The van der Waals surface area contributed by atoms with Gasteiger partial charge in [0.1, 0.15) is 11.3 Å². The number of pyridine rings is 1. The summed E-state index contributed by atoms with van der Waals surface area (Å²) in [5, 5.41) is 12.0. The Kier molecular flexibility index (Phi) is 5.54. The van der Waals surface area contributed by atoms with E-state index in [1.807, 2.05) is 12.1 Å². The lowest BCUT2D eigenvalue weighted by Gasteiger charge is -2.35. The first-order valence-corrected chi connectivity index (χ1v) is 11.6. The van der Waals surface area contributed by atoms with Crippen LogP contribution in [0.5, 0.6) is 0 Å². The largest absolute Gasteiger partial charge is 0.618 e. The van der Waals surface area contributed by atoms with Gasteiger partial charge >= 0.3 is 0 Å². The molecule has 5 rings (SSSR count). The van der Waals surface area contributed by atoms with Gasteiger partial charge in [-0.2, -0.15) is 4.73 Å². The number of imidazole rings is 1. The minimum atomic E-state index is 0.135. The van der Waals surface area contributed by atoms with Crippen LogP contribution in [-0.4, -0.2) is 41.0 Å². The van der Waals surface area contributed by atoms with E-state index in [0.717, 1.165) is 59.0 Å². The van der Waals surface area contributed by atoms with Gasteiger partial charge in [0.25, 0.3) is 0 Å². The van der Waals surface area contributed by atoms with Crippen LogP contribution in [0.3, 0.4) is 0 Å². The molecule has 1 N–H and O–H groups in total. The van der Waals surface area contributed by atoms with E-state index in [-0.39, 0.29) is 5.41 Å². The van der Waals surface area contributed by atoms with Crippen molar-refractivity contribution in [1.29, 1.82) is 0 Å². The number of anilines is 1. The zero-order valence-corrected chi connectivity index (χ0v) is 19.6. The molecule has 0 bridgehead atoms. The zero-order chi connectivity index (χ0) is 23.0. The van der Waals surface area contributed by atoms with Crippen molar-refractivity contribution >= 4 is 16.7 Å². The predicted octanol–water partition coefficient (Wildman–Crippen LogP) is 4.48. The van der Waals surface area contributed by atoms with E-state index >= 15 is 0 Å². The third kappa shape index (κ3) is 4.44. The maximum absolute atomic E-state index is 12.0. The van der Waals surface area contributed by atoms with Crippen molar-refractivity contribution < 1.29 is 4.73 Å². The summed E-state index contributed by atoms with van der Waals surface area (Å²) >= 11 is 0. The van der Waals surface area contributed by atoms with Gasteiger partial charge < -0.3 is 15.1 Å². The van der Waals surface area contributed by atoms with Crippen LogP contribution >= 0.6 is 0 Å². The van der Waals surface area contributed by atoms with E-state index in [0.29, 0.717) is 6.54 Å². The summed E-state index contributed by atoms with van der Waals surface area (Å²) in [7, 11) is 0. The molecule has 6 nitrogen and oxygen atoms in total. The summed E-state index contributed by atoms with van der Waals surface area (Å²) in [5.41, 5.74) is 6.59. The Bertz CT molecular complexity index is 1250. The monoisotopic (exact) mass is 441 g/mol. The predicted molar refractivity (Wildman–Crippen MR) is 133 cm³/mol. The number of hydrogen-bond donors (Lipinski definition) is 1. The molecular formula is C27H31N5O. The maximum atomic E-state index is 12.0. The molecule has 0 saturated carbocycles.